The molecule has 3 heterocycles. The summed E-state index contributed by atoms with van der Waals surface area (Å²) in [6.45, 7) is 6.98. The first-order valence-electron chi connectivity index (χ1n) is 10.1. The average Bonchev–Trinajstić information content (AvgIpc) is 2.93. The maximum absolute atomic E-state index is 13.0. The second-order valence-electron chi connectivity index (χ2n) is 8.68. The van der Waals surface area contributed by atoms with Gasteiger partial charge in [-0.1, -0.05) is 19.3 Å². The van der Waals surface area contributed by atoms with Crippen molar-refractivity contribution in [3.8, 4) is 0 Å². The Balaban J connectivity index is 1.35. The summed E-state index contributed by atoms with van der Waals surface area (Å²) in [5.74, 6) is 1.19. The Morgan fingerprint density at radius 2 is 2.00 bits per heavy atom. The smallest absolute Gasteiger partial charge is 0.231 e. The second-order valence-corrected chi connectivity index (χ2v) is 8.68. The third-order valence-electron chi connectivity index (χ3n) is 6.58. The Labute approximate surface area is 151 Å². The van der Waals surface area contributed by atoms with Crippen molar-refractivity contribution >= 4 is 5.91 Å². The summed E-state index contributed by atoms with van der Waals surface area (Å²) in [6, 6.07) is 2.17. The summed E-state index contributed by atoms with van der Waals surface area (Å²) in [5.41, 5.74) is 2.24. The highest BCUT2D eigenvalue weighted by atomic mass is 16.2. The van der Waals surface area contributed by atoms with Crippen LogP contribution in [-0.4, -0.2) is 51.7 Å². The Hall–Kier alpha value is -1.36. The van der Waals surface area contributed by atoms with Gasteiger partial charge in [0.1, 0.15) is 0 Å². The molecule has 0 aromatic carbocycles. The molecular weight excluding hydrogens is 312 g/mol. The van der Waals surface area contributed by atoms with E-state index in [1.807, 2.05) is 18.7 Å². The van der Waals surface area contributed by atoms with Crippen LogP contribution in [-0.2, 0) is 18.4 Å². The van der Waals surface area contributed by atoms with Crippen molar-refractivity contribution < 1.29 is 4.79 Å². The van der Waals surface area contributed by atoms with E-state index < -0.39 is 0 Å². The minimum absolute atomic E-state index is 0.0828. The first-order valence-corrected chi connectivity index (χ1v) is 10.1. The van der Waals surface area contributed by atoms with E-state index in [4.69, 9.17) is 0 Å². The summed E-state index contributed by atoms with van der Waals surface area (Å²) in [7, 11) is 2.02. The summed E-state index contributed by atoms with van der Waals surface area (Å²) < 4.78 is 1.98. The first kappa shape index (κ1) is 17.1. The van der Waals surface area contributed by atoms with Gasteiger partial charge in [-0.2, -0.15) is 5.10 Å². The fourth-order valence-corrected chi connectivity index (χ4v) is 5.28. The monoisotopic (exact) mass is 344 g/mol. The Morgan fingerprint density at radius 3 is 2.68 bits per heavy atom. The molecule has 0 bridgehead atoms. The van der Waals surface area contributed by atoms with Gasteiger partial charge in [0.25, 0.3) is 0 Å². The lowest BCUT2D eigenvalue weighted by atomic mass is 9.71. The fraction of sp³-hybridized carbons (Fsp3) is 0.800. The van der Waals surface area contributed by atoms with E-state index in [2.05, 4.69) is 21.0 Å². The van der Waals surface area contributed by atoms with Crippen molar-refractivity contribution in [1.29, 1.82) is 0 Å². The molecule has 3 aliphatic rings. The quantitative estimate of drug-likeness (QED) is 0.789. The number of piperidine rings is 1. The van der Waals surface area contributed by atoms with E-state index in [9.17, 15) is 4.79 Å². The fourth-order valence-electron chi connectivity index (χ4n) is 5.28. The van der Waals surface area contributed by atoms with Gasteiger partial charge in [0.2, 0.25) is 5.91 Å². The predicted octanol–water partition coefficient (Wildman–Crippen LogP) is 2.73. The highest BCUT2D eigenvalue weighted by molar-refractivity contribution is 5.89. The van der Waals surface area contributed by atoms with Crippen LogP contribution in [0.3, 0.4) is 0 Å². The third kappa shape index (κ3) is 3.35. The van der Waals surface area contributed by atoms with Crippen LogP contribution < -0.4 is 0 Å². The molecule has 1 saturated carbocycles. The lowest BCUT2D eigenvalue weighted by Crippen LogP contribution is -2.67. The van der Waals surface area contributed by atoms with Crippen molar-refractivity contribution in [3.63, 3.8) is 0 Å². The molecule has 1 amide bonds. The molecule has 1 aromatic heterocycles. The van der Waals surface area contributed by atoms with Crippen LogP contribution in [0.2, 0.25) is 0 Å². The van der Waals surface area contributed by atoms with Crippen molar-refractivity contribution in [2.45, 2.75) is 58.4 Å². The standard InChI is InChI=1S/C20H32N4O/c1-16-11-18(22(2)21-16)13-23-10-6-9-20(14-23)15-24(19(20)25)12-17-7-4-3-5-8-17/h11,17H,3-10,12-15H2,1-2H3/t20-/m1/s1. The van der Waals surface area contributed by atoms with E-state index in [-0.39, 0.29) is 5.41 Å². The maximum atomic E-state index is 13.0. The van der Waals surface area contributed by atoms with E-state index in [1.54, 1.807) is 0 Å². The van der Waals surface area contributed by atoms with E-state index >= 15 is 0 Å². The molecule has 4 rings (SSSR count). The minimum Gasteiger partial charge on any atom is -0.341 e. The van der Waals surface area contributed by atoms with Crippen molar-refractivity contribution in [2.75, 3.05) is 26.2 Å². The molecule has 25 heavy (non-hydrogen) atoms. The van der Waals surface area contributed by atoms with Crippen LogP contribution in [0.1, 0.15) is 56.3 Å². The second kappa shape index (κ2) is 6.75. The largest absolute Gasteiger partial charge is 0.341 e. The van der Waals surface area contributed by atoms with Gasteiger partial charge >= 0.3 is 0 Å². The molecule has 0 unspecified atom stereocenters. The van der Waals surface area contributed by atoms with Gasteiger partial charge in [-0.05, 0) is 51.1 Å². The van der Waals surface area contributed by atoms with Crippen LogP contribution in [0, 0.1) is 18.3 Å². The van der Waals surface area contributed by atoms with Gasteiger partial charge in [-0.3, -0.25) is 14.4 Å². The van der Waals surface area contributed by atoms with Gasteiger partial charge in [0.05, 0.1) is 16.8 Å². The lowest BCUT2D eigenvalue weighted by Gasteiger charge is -2.54. The van der Waals surface area contributed by atoms with Gasteiger partial charge < -0.3 is 4.90 Å². The Morgan fingerprint density at radius 1 is 1.20 bits per heavy atom. The topological polar surface area (TPSA) is 41.4 Å². The molecule has 1 aliphatic carbocycles. The number of nitrogens with zero attached hydrogens (tertiary/aromatic N) is 4. The molecule has 138 valence electrons. The predicted molar refractivity (Wildman–Crippen MR) is 98.0 cm³/mol. The SMILES string of the molecule is Cc1cc(CN2CCC[C@@]3(C2)CN(CC2CCCCC2)C3=O)n(C)n1. The minimum atomic E-state index is -0.0828. The summed E-state index contributed by atoms with van der Waals surface area (Å²) >= 11 is 0. The summed E-state index contributed by atoms with van der Waals surface area (Å²) in [6.07, 6.45) is 8.96. The number of carbonyl (C=O) groups is 1. The lowest BCUT2D eigenvalue weighted by molar-refractivity contribution is -0.167. The number of carbonyl (C=O) groups excluding carboxylic acids is 1. The first-order chi connectivity index (χ1) is 12.1. The summed E-state index contributed by atoms with van der Waals surface area (Å²) in [5, 5.41) is 4.45. The maximum Gasteiger partial charge on any atom is 0.231 e. The molecular formula is C20H32N4O. The van der Waals surface area contributed by atoms with E-state index in [0.717, 1.165) is 57.2 Å². The number of hydrogen-bond donors (Lipinski definition) is 0. The molecule has 2 aliphatic heterocycles. The highest BCUT2D eigenvalue weighted by Gasteiger charge is 2.53. The Bertz CT molecular complexity index is 634. The third-order valence-corrected chi connectivity index (χ3v) is 6.58. The van der Waals surface area contributed by atoms with Crippen LogP contribution in [0.25, 0.3) is 0 Å². The molecule has 2 saturated heterocycles. The highest BCUT2D eigenvalue weighted by Crippen LogP contribution is 2.41. The molecule has 5 heteroatoms. The van der Waals surface area contributed by atoms with Crippen LogP contribution >= 0.6 is 0 Å². The number of aryl methyl sites for hydroxylation is 2. The number of hydrogen-bond acceptors (Lipinski definition) is 3. The zero-order valence-corrected chi connectivity index (χ0v) is 15.8. The van der Waals surface area contributed by atoms with Crippen molar-refractivity contribution in [3.05, 3.63) is 17.5 Å². The van der Waals surface area contributed by atoms with Crippen LogP contribution in [0.4, 0.5) is 0 Å². The number of β-lactam (4-membered cyclic amide) rings is 1. The summed E-state index contributed by atoms with van der Waals surface area (Å²) in [4.78, 5) is 17.6. The Kier molecular flexibility index (Phi) is 4.61. The normalized spacial score (nSPS) is 28.6. The van der Waals surface area contributed by atoms with Gasteiger partial charge in [-0.25, -0.2) is 0 Å². The van der Waals surface area contributed by atoms with Crippen LogP contribution in [0.15, 0.2) is 6.07 Å². The van der Waals surface area contributed by atoms with Crippen LogP contribution in [0.5, 0.6) is 0 Å². The molecule has 1 aromatic rings. The van der Waals surface area contributed by atoms with Crippen molar-refractivity contribution in [1.82, 2.24) is 19.6 Å². The van der Waals surface area contributed by atoms with Gasteiger partial charge in [0, 0.05) is 33.2 Å². The molecule has 0 radical (unpaired) electrons. The molecule has 3 fully saturated rings. The van der Waals surface area contributed by atoms with E-state index in [1.165, 1.54) is 37.8 Å². The zero-order chi connectivity index (χ0) is 17.4. The van der Waals surface area contributed by atoms with E-state index in [0.29, 0.717) is 5.91 Å². The van der Waals surface area contributed by atoms with Gasteiger partial charge in [-0.15, -0.1) is 0 Å². The number of likely N-dealkylation sites (tertiary alicyclic amines) is 2. The molecule has 0 N–H and O–H groups in total. The average molecular weight is 345 g/mol. The zero-order valence-electron chi connectivity index (χ0n) is 15.8. The van der Waals surface area contributed by atoms with Gasteiger partial charge in [0.15, 0.2) is 0 Å². The number of aromatic nitrogens is 2. The molecule has 5 nitrogen and oxygen atoms in total. The number of rotatable bonds is 4. The number of amides is 1. The molecule has 1 spiro atoms. The van der Waals surface area contributed by atoms with Crippen molar-refractivity contribution in [2.24, 2.45) is 18.4 Å². The molecule has 1 atom stereocenters.